The van der Waals surface area contributed by atoms with E-state index in [-0.39, 0.29) is 11.4 Å². The summed E-state index contributed by atoms with van der Waals surface area (Å²) in [5, 5.41) is 3.36. The number of nitrogens with one attached hydrogen (secondary N) is 1. The van der Waals surface area contributed by atoms with Gasteiger partial charge < -0.3 is 5.32 Å². The molecule has 1 aromatic rings. The topological polar surface area (TPSA) is 24.9 Å². The second kappa shape index (κ2) is 3.07. The molecule has 0 spiro atoms. The van der Waals surface area contributed by atoms with Crippen LogP contribution >= 0.6 is 0 Å². The fourth-order valence-corrected chi connectivity index (χ4v) is 1.79. The van der Waals surface area contributed by atoms with Crippen molar-refractivity contribution in [3.05, 3.63) is 29.8 Å². The predicted octanol–water partition coefficient (Wildman–Crippen LogP) is 1.82. The molecule has 70 valence electrons. The van der Waals surface area contributed by atoms with Crippen molar-refractivity contribution in [2.45, 2.75) is 25.3 Å². The number of hydrogen-bond donors (Lipinski definition) is 1. The maximum Gasteiger partial charge on any atom is 0.141 e. The van der Waals surface area contributed by atoms with E-state index in [0.29, 0.717) is 0 Å². The molecule has 1 saturated heterocycles. The summed E-state index contributed by atoms with van der Waals surface area (Å²) >= 11 is 0. The average molecular weight is 180 g/mol. The number of hydrogen-bond acceptors (Lipinski definition) is 2. The number of rotatable bonds is 2. The highest BCUT2D eigenvalue weighted by Crippen LogP contribution is 2.32. The molecule has 1 aliphatic heterocycles. The van der Waals surface area contributed by atoms with Crippen molar-refractivity contribution in [3.8, 4) is 0 Å². The summed E-state index contributed by atoms with van der Waals surface area (Å²) in [4.78, 5) is 4.11. The maximum atomic E-state index is 12.6. The van der Waals surface area contributed by atoms with E-state index in [4.69, 9.17) is 0 Å². The summed E-state index contributed by atoms with van der Waals surface area (Å²) in [6, 6.07) is 3.24. The standard InChI is InChI=1S/C10H13FN2/c1-2-10(5-6-13-10)9-4-3-8(11)7-12-9/h3-4,7,13H,2,5-6H2,1H3. The van der Waals surface area contributed by atoms with Crippen molar-refractivity contribution in [2.75, 3.05) is 6.54 Å². The predicted molar refractivity (Wildman–Crippen MR) is 48.8 cm³/mol. The van der Waals surface area contributed by atoms with Crippen LogP contribution in [0.3, 0.4) is 0 Å². The summed E-state index contributed by atoms with van der Waals surface area (Å²) < 4.78 is 12.6. The molecule has 13 heavy (non-hydrogen) atoms. The van der Waals surface area contributed by atoms with Crippen LogP contribution in [0.1, 0.15) is 25.5 Å². The molecular weight excluding hydrogens is 167 g/mol. The van der Waals surface area contributed by atoms with E-state index in [2.05, 4.69) is 17.2 Å². The summed E-state index contributed by atoms with van der Waals surface area (Å²) in [6.07, 6.45) is 3.39. The first-order chi connectivity index (χ1) is 6.27. The highest BCUT2D eigenvalue weighted by molar-refractivity contribution is 5.19. The SMILES string of the molecule is CCC1(c2ccc(F)cn2)CCN1. The van der Waals surface area contributed by atoms with Gasteiger partial charge in [0.1, 0.15) is 5.82 Å². The van der Waals surface area contributed by atoms with Gasteiger partial charge in [-0.15, -0.1) is 0 Å². The minimum absolute atomic E-state index is 0.0215. The zero-order valence-corrected chi connectivity index (χ0v) is 7.68. The fraction of sp³-hybridized carbons (Fsp3) is 0.500. The number of aromatic nitrogens is 1. The van der Waals surface area contributed by atoms with E-state index in [0.717, 1.165) is 25.1 Å². The smallest absolute Gasteiger partial charge is 0.141 e. The molecule has 0 saturated carbocycles. The van der Waals surface area contributed by atoms with E-state index in [1.54, 1.807) is 6.07 Å². The molecular formula is C10H13FN2. The van der Waals surface area contributed by atoms with E-state index < -0.39 is 0 Å². The van der Waals surface area contributed by atoms with E-state index >= 15 is 0 Å². The van der Waals surface area contributed by atoms with Gasteiger partial charge in [-0.3, -0.25) is 4.98 Å². The van der Waals surface area contributed by atoms with Gasteiger partial charge in [-0.25, -0.2) is 4.39 Å². The van der Waals surface area contributed by atoms with E-state index in [1.807, 2.05) is 0 Å². The molecule has 0 aliphatic carbocycles. The monoisotopic (exact) mass is 180 g/mol. The average Bonchev–Trinajstić information content (AvgIpc) is 2.07. The van der Waals surface area contributed by atoms with Crippen LogP contribution in [0.25, 0.3) is 0 Å². The molecule has 1 fully saturated rings. The van der Waals surface area contributed by atoms with Crippen molar-refractivity contribution in [1.29, 1.82) is 0 Å². The Balaban J connectivity index is 2.28. The van der Waals surface area contributed by atoms with Crippen molar-refractivity contribution < 1.29 is 4.39 Å². The Labute approximate surface area is 77.2 Å². The lowest BCUT2D eigenvalue weighted by molar-refractivity contribution is 0.194. The number of halogens is 1. The Bertz CT molecular complexity index is 285. The first-order valence-electron chi connectivity index (χ1n) is 4.64. The van der Waals surface area contributed by atoms with Gasteiger partial charge in [0.15, 0.2) is 0 Å². The molecule has 2 heterocycles. The second-order valence-corrected chi connectivity index (χ2v) is 3.47. The zero-order valence-electron chi connectivity index (χ0n) is 7.68. The molecule has 1 aliphatic rings. The van der Waals surface area contributed by atoms with Crippen LogP contribution in [0.4, 0.5) is 4.39 Å². The minimum Gasteiger partial charge on any atom is -0.306 e. The van der Waals surface area contributed by atoms with Crippen molar-refractivity contribution >= 4 is 0 Å². The molecule has 1 atom stereocenters. The van der Waals surface area contributed by atoms with Crippen molar-refractivity contribution in [2.24, 2.45) is 0 Å². The third-order valence-corrected chi connectivity index (χ3v) is 2.84. The molecule has 0 radical (unpaired) electrons. The Kier molecular flexibility index (Phi) is 2.04. The zero-order chi connectivity index (χ0) is 9.31. The quantitative estimate of drug-likeness (QED) is 0.751. The highest BCUT2D eigenvalue weighted by Gasteiger charge is 2.37. The number of pyridine rings is 1. The van der Waals surface area contributed by atoms with Crippen molar-refractivity contribution in [3.63, 3.8) is 0 Å². The molecule has 0 aromatic carbocycles. The largest absolute Gasteiger partial charge is 0.306 e. The van der Waals surface area contributed by atoms with Gasteiger partial charge in [0.2, 0.25) is 0 Å². The van der Waals surface area contributed by atoms with Crippen LogP contribution in [0, 0.1) is 5.82 Å². The lowest BCUT2D eigenvalue weighted by atomic mass is 9.82. The summed E-state index contributed by atoms with van der Waals surface area (Å²) in [7, 11) is 0. The second-order valence-electron chi connectivity index (χ2n) is 3.47. The molecule has 3 heteroatoms. The first-order valence-corrected chi connectivity index (χ1v) is 4.64. The van der Waals surface area contributed by atoms with Gasteiger partial charge in [-0.2, -0.15) is 0 Å². The fourth-order valence-electron chi connectivity index (χ4n) is 1.79. The highest BCUT2D eigenvalue weighted by atomic mass is 19.1. The lowest BCUT2D eigenvalue weighted by Gasteiger charge is -2.42. The third-order valence-electron chi connectivity index (χ3n) is 2.84. The normalized spacial score (nSPS) is 26.9. The van der Waals surface area contributed by atoms with Gasteiger partial charge in [0, 0.05) is 0 Å². The van der Waals surface area contributed by atoms with Crippen LogP contribution in [-0.2, 0) is 5.54 Å². The van der Waals surface area contributed by atoms with Gasteiger partial charge in [0.25, 0.3) is 0 Å². The summed E-state index contributed by atoms with van der Waals surface area (Å²) in [5.41, 5.74) is 0.982. The van der Waals surface area contributed by atoms with Crippen LogP contribution < -0.4 is 5.32 Å². The minimum atomic E-state index is -0.269. The lowest BCUT2D eigenvalue weighted by Crippen LogP contribution is -2.54. The molecule has 1 N–H and O–H groups in total. The van der Waals surface area contributed by atoms with Crippen LogP contribution in [-0.4, -0.2) is 11.5 Å². The molecule has 0 bridgehead atoms. The Hall–Kier alpha value is -0.960. The van der Waals surface area contributed by atoms with E-state index in [1.165, 1.54) is 12.3 Å². The third kappa shape index (κ3) is 1.33. The first kappa shape index (κ1) is 8.63. The molecule has 1 unspecified atom stereocenters. The van der Waals surface area contributed by atoms with Gasteiger partial charge in [-0.1, -0.05) is 6.92 Å². The van der Waals surface area contributed by atoms with Gasteiger partial charge in [-0.05, 0) is 31.5 Å². The molecule has 0 amide bonds. The van der Waals surface area contributed by atoms with Gasteiger partial charge in [0.05, 0.1) is 17.4 Å². The van der Waals surface area contributed by atoms with Crippen LogP contribution in [0.2, 0.25) is 0 Å². The van der Waals surface area contributed by atoms with Gasteiger partial charge >= 0.3 is 0 Å². The molecule has 2 rings (SSSR count). The van der Waals surface area contributed by atoms with Crippen molar-refractivity contribution in [1.82, 2.24) is 10.3 Å². The Morgan fingerprint density at radius 2 is 2.38 bits per heavy atom. The van der Waals surface area contributed by atoms with E-state index in [9.17, 15) is 4.39 Å². The summed E-state index contributed by atoms with van der Waals surface area (Å²) in [5.74, 6) is -0.269. The van der Waals surface area contributed by atoms with Crippen LogP contribution in [0.5, 0.6) is 0 Å². The number of nitrogens with zero attached hydrogens (tertiary/aromatic N) is 1. The maximum absolute atomic E-state index is 12.6. The Morgan fingerprint density at radius 1 is 1.62 bits per heavy atom. The molecule has 2 nitrogen and oxygen atoms in total. The molecule has 1 aromatic heterocycles. The van der Waals surface area contributed by atoms with Crippen LogP contribution in [0.15, 0.2) is 18.3 Å². The Morgan fingerprint density at radius 3 is 2.77 bits per heavy atom. The summed E-state index contributed by atoms with van der Waals surface area (Å²) in [6.45, 7) is 3.16.